The summed E-state index contributed by atoms with van der Waals surface area (Å²) in [5.41, 5.74) is 1.41. The van der Waals surface area contributed by atoms with Crippen LogP contribution in [0, 0.1) is 5.82 Å². The minimum Gasteiger partial charge on any atom is -0.388 e. The molecule has 17 heavy (non-hydrogen) atoms. The van der Waals surface area contributed by atoms with Crippen LogP contribution in [0.15, 0.2) is 42.7 Å². The lowest BCUT2D eigenvalue weighted by Crippen LogP contribution is -2.02. The Labute approximate surface area is 104 Å². The van der Waals surface area contributed by atoms with Gasteiger partial charge in [0.15, 0.2) is 0 Å². The molecule has 0 fully saturated rings. The Morgan fingerprint density at radius 3 is 2.59 bits per heavy atom. The maximum atomic E-state index is 12.9. The van der Waals surface area contributed by atoms with Gasteiger partial charge >= 0.3 is 0 Å². The van der Waals surface area contributed by atoms with Crippen molar-refractivity contribution in [3.05, 3.63) is 64.7 Å². The lowest BCUT2D eigenvalue weighted by Gasteiger charge is -2.10. The smallest absolute Gasteiger partial charge is 0.141 e. The van der Waals surface area contributed by atoms with E-state index in [-0.39, 0.29) is 0 Å². The van der Waals surface area contributed by atoms with Crippen LogP contribution in [0.4, 0.5) is 4.39 Å². The molecule has 0 aliphatic carbocycles. The van der Waals surface area contributed by atoms with Gasteiger partial charge < -0.3 is 5.11 Å². The molecule has 1 atom stereocenters. The first-order chi connectivity index (χ1) is 8.15. The van der Waals surface area contributed by atoms with E-state index >= 15 is 0 Å². The molecular weight excluding hydrogens is 241 g/mol. The van der Waals surface area contributed by atoms with E-state index in [0.717, 1.165) is 11.8 Å². The summed E-state index contributed by atoms with van der Waals surface area (Å²) in [5.74, 6) is -0.447. The van der Waals surface area contributed by atoms with Crippen LogP contribution in [0.3, 0.4) is 0 Å². The molecule has 1 aromatic heterocycles. The van der Waals surface area contributed by atoms with Crippen molar-refractivity contribution in [3.8, 4) is 0 Å². The van der Waals surface area contributed by atoms with Crippen molar-refractivity contribution < 1.29 is 9.50 Å². The number of halogens is 2. The van der Waals surface area contributed by atoms with Crippen LogP contribution in [0.1, 0.15) is 17.2 Å². The largest absolute Gasteiger partial charge is 0.388 e. The molecule has 0 bridgehead atoms. The van der Waals surface area contributed by atoms with Crippen molar-refractivity contribution in [2.45, 2.75) is 12.5 Å². The number of hydrogen-bond donors (Lipinski definition) is 1. The molecule has 0 aliphatic rings. The summed E-state index contributed by atoms with van der Waals surface area (Å²) in [6.45, 7) is 0. The molecule has 4 heteroatoms. The van der Waals surface area contributed by atoms with E-state index in [1.54, 1.807) is 12.1 Å². The Balaban J connectivity index is 2.11. The van der Waals surface area contributed by atoms with Crippen LogP contribution in [-0.4, -0.2) is 10.1 Å². The van der Waals surface area contributed by atoms with Crippen molar-refractivity contribution >= 4 is 11.6 Å². The summed E-state index contributed by atoms with van der Waals surface area (Å²) < 4.78 is 12.9. The van der Waals surface area contributed by atoms with Crippen LogP contribution in [0.25, 0.3) is 0 Å². The lowest BCUT2D eigenvalue weighted by atomic mass is 10.0. The Kier molecular flexibility index (Phi) is 3.71. The molecule has 1 unspecified atom stereocenters. The summed E-state index contributed by atoms with van der Waals surface area (Å²) in [7, 11) is 0. The number of aliphatic hydroxyl groups excluding tert-OH is 1. The van der Waals surface area contributed by atoms with E-state index in [9.17, 15) is 9.50 Å². The summed E-state index contributed by atoms with van der Waals surface area (Å²) in [4.78, 5) is 3.70. The van der Waals surface area contributed by atoms with Crippen molar-refractivity contribution in [3.63, 3.8) is 0 Å². The van der Waals surface area contributed by atoms with Crippen molar-refractivity contribution in [2.24, 2.45) is 0 Å². The molecule has 88 valence electrons. The van der Waals surface area contributed by atoms with Crippen LogP contribution in [-0.2, 0) is 6.42 Å². The van der Waals surface area contributed by atoms with E-state index in [0.29, 0.717) is 17.0 Å². The highest BCUT2D eigenvalue weighted by atomic mass is 35.5. The normalized spacial score (nSPS) is 12.4. The fraction of sp³-hybridized carbons (Fsp3) is 0.154. The zero-order chi connectivity index (χ0) is 12.3. The zero-order valence-electron chi connectivity index (χ0n) is 8.98. The van der Waals surface area contributed by atoms with Gasteiger partial charge in [-0.25, -0.2) is 4.39 Å². The summed E-state index contributed by atoms with van der Waals surface area (Å²) in [6.07, 6.45) is 2.21. The Morgan fingerprint density at radius 1 is 1.24 bits per heavy atom. The average Bonchev–Trinajstić information content (AvgIpc) is 2.32. The van der Waals surface area contributed by atoms with Crippen LogP contribution < -0.4 is 0 Å². The number of pyridine rings is 1. The molecule has 0 spiro atoms. The molecule has 1 heterocycles. The second-order valence-electron chi connectivity index (χ2n) is 3.78. The fourth-order valence-corrected chi connectivity index (χ4v) is 1.70. The SMILES string of the molecule is OC(Cc1ccc(Cl)cc1)c1cncc(F)c1. The maximum absolute atomic E-state index is 12.9. The van der Waals surface area contributed by atoms with E-state index in [4.69, 9.17) is 11.6 Å². The van der Waals surface area contributed by atoms with E-state index in [2.05, 4.69) is 4.98 Å². The lowest BCUT2D eigenvalue weighted by molar-refractivity contribution is 0.177. The second kappa shape index (κ2) is 5.25. The Morgan fingerprint density at radius 2 is 1.94 bits per heavy atom. The van der Waals surface area contributed by atoms with E-state index < -0.39 is 11.9 Å². The molecule has 0 amide bonds. The summed E-state index contributed by atoms with van der Waals surface area (Å²) in [6, 6.07) is 8.46. The fourth-order valence-electron chi connectivity index (χ4n) is 1.57. The van der Waals surface area contributed by atoms with Gasteiger partial charge in [-0.2, -0.15) is 0 Å². The predicted octanol–water partition coefficient (Wildman–Crippen LogP) is 3.15. The van der Waals surface area contributed by atoms with Gasteiger partial charge in [-0.3, -0.25) is 4.98 Å². The number of nitrogens with zero attached hydrogens (tertiary/aromatic N) is 1. The third-order valence-electron chi connectivity index (χ3n) is 2.45. The molecule has 1 N–H and O–H groups in total. The highest BCUT2D eigenvalue weighted by Crippen LogP contribution is 2.19. The molecule has 0 saturated heterocycles. The number of aromatic nitrogens is 1. The van der Waals surface area contributed by atoms with Gasteiger partial charge in [-0.15, -0.1) is 0 Å². The van der Waals surface area contributed by atoms with Gasteiger partial charge in [0, 0.05) is 23.2 Å². The molecule has 2 rings (SSSR count). The third kappa shape index (κ3) is 3.25. The van der Waals surface area contributed by atoms with Crippen LogP contribution in [0.2, 0.25) is 5.02 Å². The van der Waals surface area contributed by atoms with Crippen molar-refractivity contribution in [2.75, 3.05) is 0 Å². The number of aliphatic hydroxyl groups is 1. The summed E-state index contributed by atoms with van der Waals surface area (Å²) in [5, 5.41) is 10.6. The van der Waals surface area contributed by atoms with Gasteiger partial charge in [-0.1, -0.05) is 23.7 Å². The first kappa shape index (κ1) is 12.0. The highest BCUT2D eigenvalue weighted by molar-refractivity contribution is 6.30. The molecule has 2 aromatic rings. The molecule has 0 radical (unpaired) electrons. The molecule has 1 aromatic carbocycles. The minimum atomic E-state index is -0.764. The topological polar surface area (TPSA) is 33.1 Å². The second-order valence-corrected chi connectivity index (χ2v) is 4.22. The third-order valence-corrected chi connectivity index (χ3v) is 2.71. The zero-order valence-corrected chi connectivity index (χ0v) is 9.73. The quantitative estimate of drug-likeness (QED) is 0.909. The number of benzene rings is 1. The van der Waals surface area contributed by atoms with Gasteiger partial charge in [0.2, 0.25) is 0 Å². The summed E-state index contributed by atoms with van der Waals surface area (Å²) >= 11 is 5.76. The molecule has 0 saturated carbocycles. The first-order valence-corrected chi connectivity index (χ1v) is 5.56. The molecule has 2 nitrogen and oxygen atoms in total. The molecular formula is C13H11ClFNO. The van der Waals surface area contributed by atoms with Crippen LogP contribution in [0.5, 0.6) is 0 Å². The Hall–Kier alpha value is -1.45. The Bertz CT molecular complexity index is 501. The van der Waals surface area contributed by atoms with Gasteiger partial charge in [0.05, 0.1) is 12.3 Å². The van der Waals surface area contributed by atoms with Crippen molar-refractivity contribution in [1.29, 1.82) is 0 Å². The van der Waals surface area contributed by atoms with Gasteiger partial charge in [0.25, 0.3) is 0 Å². The standard InChI is InChI=1S/C13H11ClFNO/c14-11-3-1-9(2-4-11)5-13(17)10-6-12(15)8-16-7-10/h1-4,6-8,13,17H,5H2. The van der Waals surface area contributed by atoms with E-state index in [1.807, 2.05) is 12.1 Å². The highest BCUT2D eigenvalue weighted by Gasteiger charge is 2.09. The maximum Gasteiger partial charge on any atom is 0.141 e. The van der Waals surface area contributed by atoms with Crippen molar-refractivity contribution in [1.82, 2.24) is 4.98 Å². The van der Waals surface area contributed by atoms with Gasteiger partial charge in [-0.05, 0) is 23.8 Å². The van der Waals surface area contributed by atoms with Gasteiger partial charge in [0.1, 0.15) is 5.82 Å². The first-order valence-electron chi connectivity index (χ1n) is 5.18. The minimum absolute atomic E-state index is 0.405. The number of hydrogen-bond acceptors (Lipinski definition) is 2. The van der Waals surface area contributed by atoms with Crippen LogP contribution >= 0.6 is 11.6 Å². The number of rotatable bonds is 3. The molecule has 0 aliphatic heterocycles. The predicted molar refractivity (Wildman–Crippen MR) is 64.3 cm³/mol. The average molecular weight is 252 g/mol. The van der Waals surface area contributed by atoms with E-state index in [1.165, 1.54) is 12.3 Å². The monoisotopic (exact) mass is 251 g/mol.